The van der Waals surface area contributed by atoms with E-state index < -0.39 is 6.03 Å². The standard InChI is InChI=1S/C20H26N2O5/c1-14-7-9-15(10-8-14)18(27-12-11-23)13-21-20(24)22-16-5-4-6-17(25-2)19(16)26-3/h4-10,18,23H,11-13H2,1-3H3,(H2,21,22,24). The number of amides is 2. The van der Waals surface area contributed by atoms with E-state index in [0.717, 1.165) is 11.1 Å². The van der Waals surface area contributed by atoms with Crippen LogP contribution in [0.3, 0.4) is 0 Å². The molecule has 2 aromatic rings. The number of hydrogen-bond acceptors (Lipinski definition) is 5. The molecule has 0 aromatic heterocycles. The Morgan fingerprint density at radius 2 is 1.85 bits per heavy atom. The van der Waals surface area contributed by atoms with Crippen LogP contribution in [0.4, 0.5) is 10.5 Å². The number of benzene rings is 2. The number of nitrogens with one attached hydrogen (secondary N) is 2. The number of rotatable bonds is 9. The van der Waals surface area contributed by atoms with Gasteiger partial charge in [-0.05, 0) is 24.6 Å². The number of para-hydroxylation sites is 1. The Bertz CT molecular complexity index is 734. The van der Waals surface area contributed by atoms with Gasteiger partial charge in [-0.25, -0.2) is 4.79 Å². The van der Waals surface area contributed by atoms with Crippen molar-refractivity contribution in [1.82, 2.24) is 5.32 Å². The highest BCUT2D eigenvalue weighted by molar-refractivity contribution is 5.91. The average molecular weight is 374 g/mol. The van der Waals surface area contributed by atoms with Gasteiger partial charge >= 0.3 is 6.03 Å². The van der Waals surface area contributed by atoms with Gasteiger partial charge in [-0.1, -0.05) is 35.9 Å². The van der Waals surface area contributed by atoms with Gasteiger partial charge < -0.3 is 30.0 Å². The maximum absolute atomic E-state index is 12.3. The number of hydrogen-bond donors (Lipinski definition) is 3. The molecule has 7 heteroatoms. The quantitative estimate of drug-likeness (QED) is 0.628. The molecule has 0 spiro atoms. The van der Waals surface area contributed by atoms with Crippen LogP contribution < -0.4 is 20.1 Å². The third-order valence-electron chi connectivity index (χ3n) is 3.96. The molecular weight excluding hydrogens is 348 g/mol. The van der Waals surface area contributed by atoms with E-state index in [2.05, 4.69) is 10.6 Å². The van der Waals surface area contributed by atoms with E-state index in [1.54, 1.807) is 18.2 Å². The number of methoxy groups -OCH3 is 2. The zero-order chi connectivity index (χ0) is 19.6. The van der Waals surface area contributed by atoms with Crippen LogP contribution in [0.1, 0.15) is 17.2 Å². The van der Waals surface area contributed by atoms with Gasteiger partial charge in [0.25, 0.3) is 0 Å². The van der Waals surface area contributed by atoms with Gasteiger partial charge in [0.2, 0.25) is 0 Å². The summed E-state index contributed by atoms with van der Waals surface area (Å²) in [4.78, 5) is 12.3. The van der Waals surface area contributed by atoms with E-state index in [0.29, 0.717) is 17.2 Å². The summed E-state index contributed by atoms with van der Waals surface area (Å²) in [6.07, 6.45) is -0.365. The van der Waals surface area contributed by atoms with Crippen molar-refractivity contribution in [3.05, 3.63) is 53.6 Å². The Labute approximate surface area is 159 Å². The van der Waals surface area contributed by atoms with Gasteiger partial charge in [-0.2, -0.15) is 0 Å². The molecule has 1 unspecified atom stereocenters. The number of aliphatic hydroxyl groups excluding tert-OH is 1. The van der Waals surface area contributed by atoms with E-state index >= 15 is 0 Å². The molecule has 0 aliphatic rings. The Morgan fingerprint density at radius 1 is 1.11 bits per heavy atom. The van der Waals surface area contributed by atoms with Crippen LogP contribution >= 0.6 is 0 Å². The van der Waals surface area contributed by atoms with Gasteiger partial charge in [0, 0.05) is 6.54 Å². The van der Waals surface area contributed by atoms with Crippen LogP contribution in [-0.4, -0.2) is 45.1 Å². The summed E-state index contributed by atoms with van der Waals surface area (Å²) in [5.41, 5.74) is 2.56. The molecule has 0 aliphatic carbocycles. The summed E-state index contributed by atoms with van der Waals surface area (Å²) in [5, 5.41) is 14.6. The molecule has 2 aromatic carbocycles. The average Bonchev–Trinajstić information content (AvgIpc) is 2.68. The molecule has 0 saturated carbocycles. The molecule has 1 atom stereocenters. The van der Waals surface area contributed by atoms with Crippen molar-refractivity contribution in [3.63, 3.8) is 0 Å². The molecule has 0 radical (unpaired) electrons. The molecule has 0 bridgehead atoms. The zero-order valence-corrected chi connectivity index (χ0v) is 15.8. The van der Waals surface area contributed by atoms with Crippen molar-refractivity contribution < 1.29 is 24.1 Å². The number of anilines is 1. The predicted octanol–water partition coefficient (Wildman–Crippen LogP) is 2.88. The second kappa shape index (κ2) is 10.4. The largest absolute Gasteiger partial charge is 0.493 e. The van der Waals surface area contributed by atoms with Gasteiger partial charge in [0.1, 0.15) is 0 Å². The Balaban J connectivity index is 2.02. The van der Waals surface area contributed by atoms with E-state index in [1.165, 1.54) is 14.2 Å². The maximum Gasteiger partial charge on any atom is 0.319 e. The highest BCUT2D eigenvalue weighted by Gasteiger charge is 2.15. The van der Waals surface area contributed by atoms with Gasteiger partial charge in [-0.15, -0.1) is 0 Å². The molecule has 0 fully saturated rings. The van der Waals surface area contributed by atoms with Crippen LogP contribution in [0.5, 0.6) is 11.5 Å². The van der Waals surface area contributed by atoms with Crippen LogP contribution in [-0.2, 0) is 4.74 Å². The Hall–Kier alpha value is -2.77. The molecule has 0 heterocycles. The number of urea groups is 1. The van der Waals surface area contributed by atoms with Gasteiger partial charge in [0.05, 0.1) is 39.2 Å². The lowest BCUT2D eigenvalue weighted by Gasteiger charge is -2.19. The van der Waals surface area contributed by atoms with Crippen molar-refractivity contribution in [3.8, 4) is 11.5 Å². The first-order valence-electron chi connectivity index (χ1n) is 8.64. The normalized spacial score (nSPS) is 11.6. The van der Waals surface area contributed by atoms with Crippen LogP contribution in [0.25, 0.3) is 0 Å². The Kier molecular flexibility index (Phi) is 7.91. The van der Waals surface area contributed by atoms with Crippen LogP contribution in [0.15, 0.2) is 42.5 Å². The first-order valence-corrected chi connectivity index (χ1v) is 8.64. The minimum absolute atomic E-state index is 0.0877. The first-order chi connectivity index (χ1) is 13.1. The number of aliphatic hydroxyl groups is 1. The van der Waals surface area contributed by atoms with Crippen molar-refractivity contribution >= 4 is 11.7 Å². The summed E-state index contributed by atoms with van der Waals surface area (Å²) in [7, 11) is 3.05. The molecule has 0 saturated heterocycles. The zero-order valence-electron chi connectivity index (χ0n) is 15.8. The lowest BCUT2D eigenvalue weighted by molar-refractivity contribution is 0.0297. The summed E-state index contributed by atoms with van der Waals surface area (Å²) >= 11 is 0. The van der Waals surface area contributed by atoms with Crippen molar-refractivity contribution in [1.29, 1.82) is 0 Å². The van der Waals surface area contributed by atoms with E-state index in [4.69, 9.17) is 19.3 Å². The van der Waals surface area contributed by atoms with Crippen molar-refractivity contribution in [2.75, 3.05) is 39.3 Å². The lowest BCUT2D eigenvalue weighted by Crippen LogP contribution is -2.33. The topological polar surface area (TPSA) is 89.1 Å². The highest BCUT2D eigenvalue weighted by atomic mass is 16.5. The van der Waals surface area contributed by atoms with Gasteiger partial charge in [-0.3, -0.25) is 0 Å². The maximum atomic E-state index is 12.3. The predicted molar refractivity (Wildman–Crippen MR) is 104 cm³/mol. The van der Waals surface area contributed by atoms with Crippen molar-refractivity contribution in [2.24, 2.45) is 0 Å². The summed E-state index contributed by atoms with van der Waals surface area (Å²) in [6.45, 7) is 2.35. The molecule has 0 aliphatic heterocycles. The molecule has 146 valence electrons. The van der Waals surface area contributed by atoms with Crippen molar-refractivity contribution in [2.45, 2.75) is 13.0 Å². The highest BCUT2D eigenvalue weighted by Crippen LogP contribution is 2.34. The smallest absolute Gasteiger partial charge is 0.319 e. The monoisotopic (exact) mass is 374 g/mol. The Morgan fingerprint density at radius 3 is 2.48 bits per heavy atom. The third-order valence-corrected chi connectivity index (χ3v) is 3.96. The fourth-order valence-corrected chi connectivity index (χ4v) is 2.59. The number of carbonyl (C=O) groups is 1. The first kappa shape index (κ1) is 20.5. The second-order valence-electron chi connectivity index (χ2n) is 5.87. The minimum Gasteiger partial charge on any atom is -0.493 e. The number of aryl methyl sites for hydroxylation is 1. The van der Waals surface area contributed by atoms with Gasteiger partial charge in [0.15, 0.2) is 11.5 Å². The third kappa shape index (κ3) is 5.87. The number of ether oxygens (including phenoxy) is 3. The molecule has 27 heavy (non-hydrogen) atoms. The number of carbonyl (C=O) groups excluding carboxylic acids is 1. The summed E-state index contributed by atoms with van der Waals surface area (Å²) in [6, 6.07) is 12.7. The summed E-state index contributed by atoms with van der Waals surface area (Å²) < 4.78 is 16.2. The van der Waals surface area contributed by atoms with E-state index in [9.17, 15) is 4.79 Å². The molecular formula is C20H26N2O5. The fourth-order valence-electron chi connectivity index (χ4n) is 2.59. The lowest BCUT2D eigenvalue weighted by atomic mass is 10.1. The van der Waals surface area contributed by atoms with E-state index in [1.807, 2.05) is 31.2 Å². The minimum atomic E-state index is -0.397. The molecule has 3 N–H and O–H groups in total. The SMILES string of the molecule is COc1cccc(NC(=O)NCC(OCCO)c2ccc(C)cc2)c1OC. The summed E-state index contributed by atoms with van der Waals surface area (Å²) in [5.74, 6) is 0.973. The molecule has 2 amide bonds. The van der Waals surface area contributed by atoms with Crippen LogP contribution in [0.2, 0.25) is 0 Å². The second-order valence-corrected chi connectivity index (χ2v) is 5.87. The molecule has 2 rings (SSSR count). The molecule has 7 nitrogen and oxygen atoms in total. The van der Waals surface area contributed by atoms with Crippen LogP contribution in [0, 0.1) is 6.92 Å². The fraction of sp³-hybridized carbons (Fsp3) is 0.350. The van der Waals surface area contributed by atoms with E-state index in [-0.39, 0.29) is 25.9 Å².